The summed E-state index contributed by atoms with van der Waals surface area (Å²) in [5.74, 6) is 0.396. The molecule has 1 N–H and O–H groups in total. The van der Waals surface area contributed by atoms with Gasteiger partial charge in [-0.3, -0.25) is 4.79 Å². The third kappa shape index (κ3) is 2.79. The Hall–Kier alpha value is -1.39. The van der Waals surface area contributed by atoms with Crippen molar-refractivity contribution in [2.24, 2.45) is 5.92 Å². The highest BCUT2D eigenvalue weighted by atomic mass is 16.5. The number of amides is 1. The number of carbonyl (C=O) groups is 1. The number of aryl methyl sites for hydroxylation is 1. The average molecular weight is 314 g/mol. The van der Waals surface area contributed by atoms with Gasteiger partial charge in [0.2, 0.25) is 5.91 Å². The lowest BCUT2D eigenvalue weighted by Crippen LogP contribution is -2.51. The molecule has 3 fully saturated rings. The molecule has 0 saturated carbocycles. The van der Waals surface area contributed by atoms with Crippen molar-refractivity contribution in [1.29, 1.82) is 0 Å². The van der Waals surface area contributed by atoms with Crippen LogP contribution in [0.15, 0.2) is 24.3 Å². The van der Waals surface area contributed by atoms with E-state index in [2.05, 4.69) is 41.4 Å². The van der Waals surface area contributed by atoms with Crippen molar-refractivity contribution in [3.63, 3.8) is 0 Å². The number of hydrogen-bond acceptors (Lipinski definition) is 3. The Morgan fingerprint density at radius 3 is 2.78 bits per heavy atom. The van der Waals surface area contributed by atoms with Gasteiger partial charge in [-0.05, 0) is 36.8 Å². The van der Waals surface area contributed by atoms with Gasteiger partial charge in [-0.2, -0.15) is 0 Å². The minimum Gasteiger partial charge on any atom is -0.374 e. The molecule has 4 unspecified atom stereocenters. The first-order chi connectivity index (χ1) is 11.3. The number of carbonyl (C=O) groups excluding carboxylic acids is 1. The molecule has 4 atom stereocenters. The maximum atomic E-state index is 13.1. The molecule has 3 aliphatic rings. The summed E-state index contributed by atoms with van der Waals surface area (Å²) in [6.07, 6.45) is 4.68. The van der Waals surface area contributed by atoms with Gasteiger partial charge in [0.1, 0.15) is 0 Å². The highest BCUT2D eigenvalue weighted by Crippen LogP contribution is 2.40. The molecule has 23 heavy (non-hydrogen) atoms. The molecule has 3 saturated heterocycles. The van der Waals surface area contributed by atoms with Gasteiger partial charge >= 0.3 is 0 Å². The van der Waals surface area contributed by atoms with E-state index in [4.69, 9.17) is 4.74 Å². The summed E-state index contributed by atoms with van der Waals surface area (Å²) in [6.45, 7) is 4.70. The molecule has 4 nitrogen and oxygen atoms in total. The van der Waals surface area contributed by atoms with Crippen molar-refractivity contribution in [1.82, 2.24) is 10.2 Å². The van der Waals surface area contributed by atoms with Crippen LogP contribution in [0, 0.1) is 5.92 Å². The minimum atomic E-state index is 0.0873. The fraction of sp³-hybridized carbons (Fsp3) is 0.632. The zero-order valence-corrected chi connectivity index (χ0v) is 13.8. The van der Waals surface area contributed by atoms with Crippen molar-refractivity contribution in [3.05, 3.63) is 35.4 Å². The summed E-state index contributed by atoms with van der Waals surface area (Å²) in [5.41, 5.74) is 2.59. The molecule has 3 heterocycles. The lowest BCUT2D eigenvalue weighted by Gasteiger charge is -2.39. The largest absolute Gasteiger partial charge is 0.374 e. The van der Waals surface area contributed by atoms with Crippen LogP contribution >= 0.6 is 0 Å². The van der Waals surface area contributed by atoms with Crippen LogP contribution in [0.25, 0.3) is 0 Å². The summed E-state index contributed by atoms with van der Waals surface area (Å²) < 4.78 is 5.90. The van der Waals surface area contributed by atoms with Gasteiger partial charge in [-0.1, -0.05) is 31.2 Å². The van der Waals surface area contributed by atoms with Crippen LogP contribution in [-0.2, 0) is 16.0 Å². The fourth-order valence-electron chi connectivity index (χ4n) is 4.35. The molecule has 1 aromatic carbocycles. The maximum absolute atomic E-state index is 13.1. The Balaban J connectivity index is 1.53. The first-order valence-electron chi connectivity index (χ1n) is 9.01. The lowest BCUT2D eigenvalue weighted by molar-refractivity contribution is -0.140. The topological polar surface area (TPSA) is 41.6 Å². The second-order valence-electron chi connectivity index (χ2n) is 7.06. The number of rotatable bonds is 3. The number of nitrogens with zero attached hydrogens (tertiary/aromatic N) is 1. The quantitative estimate of drug-likeness (QED) is 0.931. The number of nitrogens with one attached hydrogen (secondary N) is 1. The van der Waals surface area contributed by atoms with Crippen molar-refractivity contribution < 1.29 is 9.53 Å². The average Bonchev–Trinajstić information content (AvgIpc) is 3.24. The van der Waals surface area contributed by atoms with Crippen LogP contribution in [0.4, 0.5) is 0 Å². The van der Waals surface area contributed by atoms with E-state index in [1.165, 1.54) is 11.1 Å². The summed E-state index contributed by atoms with van der Waals surface area (Å²) in [6, 6.07) is 8.91. The number of benzene rings is 1. The Morgan fingerprint density at radius 2 is 2.13 bits per heavy atom. The highest BCUT2D eigenvalue weighted by Gasteiger charge is 2.46. The zero-order chi connectivity index (χ0) is 15.8. The summed E-state index contributed by atoms with van der Waals surface area (Å²) in [4.78, 5) is 15.2. The summed E-state index contributed by atoms with van der Waals surface area (Å²) in [5, 5.41) is 3.45. The molecule has 0 radical (unpaired) electrons. The number of piperazine rings is 1. The first-order valence-corrected chi connectivity index (χ1v) is 9.01. The first kappa shape index (κ1) is 15.2. The summed E-state index contributed by atoms with van der Waals surface area (Å²) in [7, 11) is 0. The molecule has 1 amide bonds. The molecular weight excluding hydrogens is 288 g/mol. The van der Waals surface area contributed by atoms with Crippen LogP contribution in [0.3, 0.4) is 0 Å². The Labute approximate surface area is 138 Å². The SMILES string of the molecule is CCc1ccc(C2CNCCN2C(=O)C2CC3CCC2O3)cc1. The molecule has 4 rings (SSSR count). The molecule has 0 aliphatic carbocycles. The Bertz CT molecular complexity index is 571. The minimum absolute atomic E-state index is 0.0873. The van der Waals surface area contributed by atoms with E-state index in [0.29, 0.717) is 12.0 Å². The van der Waals surface area contributed by atoms with E-state index >= 15 is 0 Å². The van der Waals surface area contributed by atoms with Crippen LogP contribution in [0.5, 0.6) is 0 Å². The normalized spacial score (nSPS) is 33.2. The molecule has 3 aliphatic heterocycles. The van der Waals surface area contributed by atoms with Crippen molar-refractivity contribution in [3.8, 4) is 0 Å². The highest BCUT2D eigenvalue weighted by molar-refractivity contribution is 5.80. The Morgan fingerprint density at radius 1 is 1.30 bits per heavy atom. The van der Waals surface area contributed by atoms with Gasteiger partial charge in [0, 0.05) is 19.6 Å². The molecule has 0 spiro atoms. The van der Waals surface area contributed by atoms with Crippen LogP contribution in [-0.4, -0.2) is 42.6 Å². The smallest absolute Gasteiger partial charge is 0.229 e. The van der Waals surface area contributed by atoms with Gasteiger partial charge in [0.25, 0.3) is 0 Å². The number of fused-ring (bicyclic) bond motifs is 2. The van der Waals surface area contributed by atoms with E-state index in [1.54, 1.807) is 0 Å². The second kappa shape index (κ2) is 6.25. The van der Waals surface area contributed by atoms with E-state index < -0.39 is 0 Å². The molecule has 4 heteroatoms. The van der Waals surface area contributed by atoms with Gasteiger partial charge in [-0.15, -0.1) is 0 Å². The van der Waals surface area contributed by atoms with Crippen LogP contribution < -0.4 is 5.32 Å². The second-order valence-corrected chi connectivity index (χ2v) is 7.06. The lowest BCUT2D eigenvalue weighted by atomic mass is 9.87. The van der Waals surface area contributed by atoms with E-state index in [-0.39, 0.29) is 18.1 Å². The zero-order valence-electron chi connectivity index (χ0n) is 13.8. The van der Waals surface area contributed by atoms with Crippen LogP contribution in [0.2, 0.25) is 0 Å². The third-order valence-electron chi connectivity index (χ3n) is 5.72. The number of ether oxygens (including phenoxy) is 1. The van der Waals surface area contributed by atoms with Gasteiger partial charge < -0.3 is 15.0 Å². The maximum Gasteiger partial charge on any atom is 0.229 e. The van der Waals surface area contributed by atoms with Gasteiger partial charge in [0.05, 0.1) is 24.2 Å². The predicted octanol–water partition coefficient (Wildman–Crippen LogP) is 2.29. The fourth-order valence-corrected chi connectivity index (χ4v) is 4.35. The third-order valence-corrected chi connectivity index (χ3v) is 5.72. The van der Waals surface area contributed by atoms with Gasteiger partial charge in [-0.25, -0.2) is 0 Å². The Kier molecular flexibility index (Phi) is 4.12. The molecular formula is C19H26N2O2. The number of hydrogen-bond donors (Lipinski definition) is 1. The van der Waals surface area contributed by atoms with E-state index in [0.717, 1.165) is 45.3 Å². The molecule has 1 aromatic rings. The summed E-state index contributed by atoms with van der Waals surface area (Å²) >= 11 is 0. The van der Waals surface area contributed by atoms with Gasteiger partial charge in [0.15, 0.2) is 0 Å². The molecule has 124 valence electrons. The van der Waals surface area contributed by atoms with E-state index in [1.807, 2.05) is 0 Å². The van der Waals surface area contributed by atoms with Crippen molar-refractivity contribution in [2.45, 2.75) is 50.9 Å². The molecule has 2 bridgehead atoms. The predicted molar refractivity (Wildman–Crippen MR) is 89.1 cm³/mol. The van der Waals surface area contributed by atoms with Crippen molar-refractivity contribution >= 4 is 5.91 Å². The van der Waals surface area contributed by atoms with Crippen LogP contribution in [0.1, 0.15) is 43.4 Å². The monoisotopic (exact) mass is 314 g/mol. The van der Waals surface area contributed by atoms with E-state index in [9.17, 15) is 4.79 Å². The van der Waals surface area contributed by atoms with Crippen molar-refractivity contribution in [2.75, 3.05) is 19.6 Å². The standard InChI is InChI=1S/C19H26N2O2/c1-2-13-3-5-14(6-4-13)17-12-20-9-10-21(17)19(22)16-11-15-7-8-18(16)23-15/h3-6,15-18,20H,2,7-12H2,1H3. The molecule has 0 aromatic heterocycles.